The second-order valence-corrected chi connectivity index (χ2v) is 17.4. The van der Waals surface area contributed by atoms with Crippen LogP contribution in [-0.2, 0) is 23.8 Å². The molecule has 0 spiro atoms. The molecule has 1 unspecified atom stereocenters. The molecule has 0 amide bonds. The van der Waals surface area contributed by atoms with Crippen molar-refractivity contribution in [2.45, 2.75) is 232 Å². The Labute approximate surface area is 407 Å². The van der Waals surface area contributed by atoms with Crippen molar-refractivity contribution >= 4 is 11.9 Å². The van der Waals surface area contributed by atoms with Crippen molar-refractivity contribution in [3.8, 4) is 0 Å². The summed E-state index contributed by atoms with van der Waals surface area (Å²) in [5.74, 6) is -0.517. The van der Waals surface area contributed by atoms with E-state index in [1.54, 1.807) is 0 Å². The van der Waals surface area contributed by atoms with E-state index in [4.69, 9.17) is 14.2 Å². The summed E-state index contributed by atoms with van der Waals surface area (Å²) in [6.07, 6.45) is 78.0. The molecule has 0 heterocycles. The predicted octanol–water partition coefficient (Wildman–Crippen LogP) is 18.6. The summed E-state index contributed by atoms with van der Waals surface area (Å²) in [6, 6.07) is 0. The molecule has 0 radical (unpaired) electrons. The Balaban J connectivity index is 4.44. The normalized spacial score (nSPS) is 13.2. The van der Waals surface area contributed by atoms with Crippen LogP contribution in [0.15, 0.2) is 122 Å². The van der Waals surface area contributed by atoms with Crippen molar-refractivity contribution in [1.29, 1.82) is 0 Å². The van der Waals surface area contributed by atoms with Crippen molar-refractivity contribution in [1.82, 2.24) is 0 Å². The number of carbonyl (C=O) groups is 2. The number of rotatable bonds is 48. The molecule has 374 valence electrons. The Morgan fingerprint density at radius 1 is 0.348 bits per heavy atom. The van der Waals surface area contributed by atoms with Crippen LogP contribution < -0.4 is 0 Å². The van der Waals surface area contributed by atoms with E-state index in [1.165, 1.54) is 83.5 Å². The molecule has 0 saturated carbocycles. The summed E-state index contributed by atoms with van der Waals surface area (Å²) in [5.41, 5.74) is 0. The number of allylic oxidation sites excluding steroid dienone is 20. The molecule has 0 aliphatic heterocycles. The third-order valence-electron chi connectivity index (χ3n) is 11.0. The lowest BCUT2D eigenvalue weighted by atomic mass is 10.1. The lowest BCUT2D eigenvalue weighted by Crippen LogP contribution is -2.30. The average molecular weight is 913 g/mol. The van der Waals surface area contributed by atoms with E-state index >= 15 is 0 Å². The maximum Gasteiger partial charge on any atom is 0.306 e. The number of hydrogen-bond acceptors (Lipinski definition) is 5. The van der Waals surface area contributed by atoms with Crippen LogP contribution >= 0.6 is 0 Å². The molecule has 0 aromatic rings. The molecule has 0 bridgehead atoms. The van der Waals surface area contributed by atoms with Gasteiger partial charge in [-0.1, -0.05) is 219 Å². The highest BCUT2D eigenvalue weighted by Crippen LogP contribution is 2.13. The molecular formula is C61H100O5. The van der Waals surface area contributed by atoms with Crippen molar-refractivity contribution in [3.05, 3.63) is 122 Å². The fraction of sp³-hybridized carbons (Fsp3) is 0.639. The molecular weight excluding hydrogens is 813 g/mol. The fourth-order valence-electron chi connectivity index (χ4n) is 7.01. The molecule has 0 rings (SSSR count). The van der Waals surface area contributed by atoms with Crippen LogP contribution in [0.2, 0.25) is 0 Å². The SMILES string of the molecule is CC/C=C\C/C=C\C/C=C\C/C=C\C/C=C\C/C=C\CCC(=O)OCC(COCCCCCC/C=C\C/C=C\C/C=C\CC)OC(=O)CCCCCCCCC/C=C\CCCCCCCC. The van der Waals surface area contributed by atoms with Gasteiger partial charge in [0.25, 0.3) is 0 Å². The van der Waals surface area contributed by atoms with Crippen LogP contribution in [0.3, 0.4) is 0 Å². The van der Waals surface area contributed by atoms with Crippen molar-refractivity contribution in [2.75, 3.05) is 19.8 Å². The van der Waals surface area contributed by atoms with Gasteiger partial charge in [-0.05, 0) is 116 Å². The van der Waals surface area contributed by atoms with Gasteiger partial charge in [0.05, 0.1) is 6.61 Å². The van der Waals surface area contributed by atoms with E-state index < -0.39 is 6.10 Å². The fourth-order valence-corrected chi connectivity index (χ4v) is 7.01. The van der Waals surface area contributed by atoms with Crippen LogP contribution in [0.1, 0.15) is 226 Å². The maximum absolute atomic E-state index is 12.8. The molecule has 0 saturated heterocycles. The summed E-state index contributed by atoms with van der Waals surface area (Å²) in [4.78, 5) is 25.4. The minimum Gasteiger partial charge on any atom is -0.462 e. The third-order valence-corrected chi connectivity index (χ3v) is 11.0. The average Bonchev–Trinajstić information content (AvgIpc) is 3.32. The lowest BCUT2D eigenvalue weighted by molar-refractivity contribution is -0.162. The largest absolute Gasteiger partial charge is 0.462 e. The smallest absolute Gasteiger partial charge is 0.306 e. The molecule has 0 aliphatic carbocycles. The quantitative estimate of drug-likeness (QED) is 0.0346. The minimum absolute atomic E-state index is 0.0273. The van der Waals surface area contributed by atoms with Crippen LogP contribution in [0, 0.1) is 0 Å². The van der Waals surface area contributed by atoms with Gasteiger partial charge in [0.2, 0.25) is 0 Å². The van der Waals surface area contributed by atoms with Gasteiger partial charge in [-0.3, -0.25) is 9.59 Å². The standard InChI is InChI=1S/C61H100O5/c1-4-7-10-13-16-19-22-25-28-30-31-33-34-36-39-42-45-48-51-54-60(62)65-58-59(57-64-56-53-50-47-44-41-38-27-24-21-18-15-12-9-6-3)66-61(63)55-52-49-46-43-40-37-35-32-29-26-23-20-17-14-11-8-5-2/h7,9-10,12,16,18-19,21,25-29,31,33,36,38-39,45,48,59H,4-6,8,11,13-15,17,20,22-24,30,32,34-35,37,40-44,46-47,49-58H2,1-3H3/b10-7-,12-9-,19-16-,21-18-,28-25-,29-26-,33-31-,38-27-,39-36-,48-45-. The van der Waals surface area contributed by atoms with Crippen molar-refractivity contribution in [2.24, 2.45) is 0 Å². The molecule has 0 aromatic heterocycles. The third kappa shape index (κ3) is 52.9. The highest BCUT2D eigenvalue weighted by molar-refractivity contribution is 5.70. The van der Waals surface area contributed by atoms with Gasteiger partial charge < -0.3 is 14.2 Å². The summed E-state index contributed by atoms with van der Waals surface area (Å²) < 4.78 is 17.3. The number of esters is 2. The monoisotopic (exact) mass is 913 g/mol. The molecule has 5 heteroatoms. The van der Waals surface area contributed by atoms with Gasteiger partial charge in [0.15, 0.2) is 6.10 Å². The van der Waals surface area contributed by atoms with E-state index in [0.29, 0.717) is 25.9 Å². The van der Waals surface area contributed by atoms with Crippen LogP contribution in [0.25, 0.3) is 0 Å². The molecule has 0 fully saturated rings. The number of carbonyl (C=O) groups excluding carboxylic acids is 2. The summed E-state index contributed by atoms with van der Waals surface area (Å²) in [6.45, 7) is 7.46. The first kappa shape index (κ1) is 62.3. The van der Waals surface area contributed by atoms with Gasteiger partial charge in [-0.2, -0.15) is 0 Å². The van der Waals surface area contributed by atoms with Gasteiger partial charge in [-0.15, -0.1) is 0 Å². The Morgan fingerprint density at radius 2 is 0.712 bits per heavy atom. The number of ether oxygens (including phenoxy) is 3. The molecule has 1 atom stereocenters. The first-order valence-corrected chi connectivity index (χ1v) is 27.1. The summed E-state index contributed by atoms with van der Waals surface area (Å²) in [7, 11) is 0. The Bertz CT molecular complexity index is 1350. The number of unbranched alkanes of at least 4 members (excludes halogenated alkanes) is 17. The number of hydrogen-bond donors (Lipinski definition) is 0. The lowest BCUT2D eigenvalue weighted by Gasteiger charge is -2.18. The van der Waals surface area contributed by atoms with Gasteiger partial charge in [0, 0.05) is 19.4 Å². The molecule has 5 nitrogen and oxygen atoms in total. The van der Waals surface area contributed by atoms with Crippen LogP contribution in [0.4, 0.5) is 0 Å². The van der Waals surface area contributed by atoms with Gasteiger partial charge >= 0.3 is 11.9 Å². The molecule has 0 aromatic carbocycles. The first-order valence-electron chi connectivity index (χ1n) is 27.1. The van der Waals surface area contributed by atoms with Crippen molar-refractivity contribution in [3.63, 3.8) is 0 Å². The van der Waals surface area contributed by atoms with Crippen LogP contribution in [-0.4, -0.2) is 37.9 Å². The zero-order valence-electron chi connectivity index (χ0n) is 42.9. The Hall–Kier alpha value is -3.70. The zero-order chi connectivity index (χ0) is 47.7. The van der Waals surface area contributed by atoms with Gasteiger partial charge in [0.1, 0.15) is 6.61 Å². The van der Waals surface area contributed by atoms with E-state index in [-0.39, 0.29) is 25.2 Å². The van der Waals surface area contributed by atoms with E-state index in [0.717, 1.165) is 103 Å². The zero-order valence-corrected chi connectivity index (χ0v) is 42.9. The summed E-state index contributed by atoms with van der Waals surface area (Å²) in [5, 5.41) is 0. The maximum atomic E-state index is 12.8. The van der Waals surface area contributed by atoms with Crippen molar-refractivity contribution < 1.29 is 23.8 Å². The Kier molecular flexibility index (Phi) is 52.5. The summed E-state index contributed by atoms with van der Waals surface area (Å²) >= 11 is 0. The Morgan fingerprint density at radius 3 is 1.17 bits per heavy atom. The molecule has 66 heavy (non-hydrogen) atoms. The predicted molar refractivity (Wildman–Crippen MR) is 288 cm³/mol. The first-order chi connectivity index (χ1) is 32.6. The topological polar surface area (TPSA) is 61.8 Å². The second kappa shape index (κ2) is 55.6. The van der Waals surface area contributed by atoms with E-state index in [1.807, 2.05) is 6.08 Å². The minimum atomic E-state index is -0.589. The van der Waals surface area contributed by atoms with E-state index in [9.17, 15) is 9.59 Å². The molecule has 0 N–H and O–H groups in total. The second-order valence-electron chi connectivity index (χ2n) is 17.4. The van der Waals surface area contributed by atoms with Gasteiger partial charge in [-0.25, -0.2) is 0 Å². The van der Waals surface area contributed by atoms with Crippen LogP contribution in [0.5, 0.6) is 0 Å². The van der Waals surface area contributed by atoms with E-state index in [2.05, 4.69) is 136 Å². The highest BCUT2D eigenvalue weighted by Gasteiger charge is 2.17. The highest BCUT2D eigenvalue weighted by atomic mass is 16.6. The molecule has 0 aliphatic rings.